The van der Waals surface area contributed by atoms with Gasteiger partial charge >= 0.3 is 0 Å². The number of fused-ring (bicyclic) bond motifs is 1. The standard InChI is InChI=1S/C23H21ClN2O/c1-16-11-12-17(2)22(13-16)27-15-23-25-20-9-5-6-10-21(20)26(23)14-18-7-3-4-8-19(18)24/h3-13H,14-15H2,1-2H3. The van der Waals surface area contributed by atoms with Crippen LogP contribution in [0.4, 0.5) is 0 Å². The number of aryl methyl sites for hydroxylation is 2. The SMILES string of the molecule is Cc1ccc(C)c(OCc2nc3ccccc3n2Cc2ccccc2Cl)c1. The normalized spacial score (nSPS) is 11.1. The molecule has 0 saturated heterocycles. The Kier molecular flexibility index (Phi) is 4.87. The molecule has 0 spiro atoms. The van der Waals surface area contributed by atoms with E-state index in [9.17, 15) is 0 Å². The first-order valence-corrected chi connectivity index (χ1v) is 9.37. The molecule has 0 atom stereocenters. The number of nitrogens with zero attached hydrogens (tertiary/aromatic N) is 2. The van der Waals surface area contributed by atoms with Gasteiger partial charge in [-0.1, -0.05) is 54.1 Å². The fourth-order valence-electron chi connectivity index (χ4n) is 3.21. The van der Waals surface area contributed by atoms with Crippen molar-refractivity contribution in [2.45, 2.75) is 27.0 Å². The van der Waals surface area contributed by atoms with Crippen LogP contribution in [-0.2, 0) is 13.2 Å². The molecule has 0 unspecified atom stereocenters. The molecular weight excluding hydrogens is 356 g/mol. The Hall–Kier alpha value is -2.78. The minimum Gasteiger partial charge on any atom is -0.485 e. The van der Waals surface area contributed by atoms with Gasteiger partial charge in [0.05, 0.1) is 17.6 Å². The molecule has 4 aromatic rings. The van der Waals surface area contributed by atoms with E-state index < -0.39 is 0 Å². The van der Waals surface area contributed by atoms with Gasteiger partial charge in [0, 0.05) is 5.02 Å². The summed E-state index contributed by atoms with van der Waals surface area (Å²) in [6.45, 7) is 5.19. The zero-order valence-corrected chi connectivity index (χ0v) is 16.2. The van der Waals surface area contributed by atoms with Crippen LogP contribution >= 0.6 is 11.6 Å². The summed E-state index contributed by atoms with van der Waals surface area (Å²) in [5.74, 6) is 1.78. The van der Waals surface area contributed by atoms with E-state index in [4.69, 9.17) is 21.3 Å². The summed E-state index contributed by atoms with van der Waals surface area (Å²) in [4.78, 5) is 4.80. The Bertz CT molecular complexity index is 1100. The summed E-state index contributed by atoms with van der Waals surface area (Å²) in [7, 11) is 0. The van der Waals surface area contributed by atoms with Gasteiger partial charge in [0.25, 0.3) is 0 Å². The van der Waals surface area contributed by atoms with Gasteiger partial charge in [0.2, 0.25) is 0 Å². The lowest BCUT2D eigenvalue weighted by Crippen LogP contribution is -2.09. The minimum absolute atomic E-state index is 0.406. The third-order valence-electron chi connectivity index (χ3n) is 4.72. The summed E-state index contributed by atoms with van der Waals surface area (Å²) >= 11 is 6.39. The first-order valence-electron chi connectivity index (χ1n) is 8.99. The molecule has 0 bridgehead atoms. The fourth-order valence-corrected chi connectivity index (χ4v) is 3.41. The quantitative estimate of drug-likeness (QED) is 0.431. The van der Waals surface area contributed by atoms with Gasteiger partial charge in [-0.15, -0.1) is 0 Å². The number of hydrogen-bond acceptors (Lipinski definition) is 2. The summed E-state index contributed by atoms with van der Waals surface area (Å²) in [6.07, 6.45) is 0. The fraction of sp³-hybridized carbons (Fsp3) is 0.174. The Morgan fingerprint density at radius 1 is 0.963 bits per heavy atom. The molecule has 4 heteroatoms. The number of benzene rings is 3. The zero-order chi connectivity index (χ0) is 18.8. The van der Waals surface area contributed by atoms with Crippen molar-refractivity contribution < 1.29 is 4.74 Å². The van der Waals surface area contributed by atoms with Crippen LogP contribution in [0.2, 0.25) is 5.02 Å². The predicted octanol–water partition coefficient (Wildman–Crippen LogP) is 5.93. The molecule has 0 N–H and O–H groups in total. The van der Waals surface area contributed by atoms with Gasteiger partial charge < -0.3 is 9.30 Å². The van der Waals surface area contributed by atoms with Gasteiger partial charge in [-0.05, 0) is 54.8 Å². The van der Waals surface area contributed by atoms with Crippen LogP contribution in [0.15, 0.2) is 66.7 Å². The molecule has 0 aliphatic rings. The Balaban J connectivity index is 1.69. The van der Waals surface area contributed by atoms with E-state index in [2.05, 4.69) is 42.7 Å². The maximum absolute atomic E-state index is 6.39. The predicted molar refractivity (Wildman–Crippen MR) is 111 cm³/mol. The van der Waals surface area contributed by atoms with Crippen molar-refractivity contribution in [2.75, 3.05) is 0 Å². The molecule has 1 heterocycles. The van der Waals surface area contributed by atoms with Gasteiger partial charge in [-0.3, -0.25) is 0 Å². The van der Waals surface area contributed by atoms with Crippen molar-refractivity contribution in [1.29, 1.82) is 0 Å². The Morgan fingerprint density at radius 2 is 1.74 bits per heavy atom. The third-order valence-corrected chi connectivity index (χ3v) is 5.09. The number of imidazole rings is 1. The highest BCUT2D eigenvalue weighted by Gasteiger charge is 2.13. The smallest absolute Gasteiger partial charge is 0.148 e. The second-order valence-electron chi connectivity index (χ2n) is 6.75. The maximum atomic E-state index is 6.39. The van der Waals surface area contributed by atoms with E-state index in [-0.39, 0.29) is 0 Å². The number of para-hydroxylation sites is 2. The molecule has 0 amide bonds. The molecule has 0 aliphatic heterocycles. The Morgan fingerprint density at radius 3 is 2.59 bits per heavy atom. The molecule has 0 saturated carbocycles. The van der Waals surface area contributed by atoms with E-state index in [0.717, 1.165) is 38.8 Å². The van der Waals surface area contributed by atoms with Crippen LogP contribution in [0.5, 0.6) is 5.75 Å². The van der Waals surface area contributed by atoms with Crippen LogP contribution in [0.25, 0.3) is 11.0 Å². The molecule has 0 aliphatic carbocycles. The Labute approximate surface area is 164 Å². The second-order valence-corrected chi connectivity index (χ2v) is 7.16. The van der Waals surface area contributed by atoms with Crippen LogP contribution in [0.3, 0.4) is 0 Å². The first kappa shape index (κ1) is 17.6. The van der Waals surface area contributed by atoms with Crippen molar-refractivity contribution in [3.8, 4) is 5.75 Å². The number of aromatic nitrogens is 2. The zero-order valence-electron chi connectivity index (χ0n) is 15.4. The monoisotopic (exact) mass is 376 g/mol. The molecule has 1 aromatic heterocycles. The molecule has 27 heavy (non-hydrogen) atoms. The number of rotatable bonds is 5. The lowest BCUT2D eigenvalue weighted by molar-refractivity contribution is 0.289. The molecular formula is C23H21ClN2O. The molecule has 3 aromatic carbocycles. The number of ether oxygens (including phenoxy) is 1. The summed E-state index contributed by atoms with van der Waals surface area (Å²) in [5.41, 5.74) is 5.41. The first-order chi connectivity index (χ1) is 13.1. The topological polar surface area (TPSA) is 27.1 Å². The van der Waals surface area contributed by atoms with Crippen molar-refractivity contribution in [3.63, 3.8) is 0 Å². The van der Waals surface area contributed by atoms with Crippen LogP contribution in [0.1, 0.15) is 22.5 Å². The van der Waals surface area contributed by atoms with E-state index in [0.29, 0.717) is 13.2 Å². The van der Waals surface area contributed by atoms with E-state index >= 15 is 0 Å². The van der Waals surface area contributed by atoms with Gasteiger partial charge in [0.15, 0.2) is 0 Å². The molecule has 0 fully saturated rings. The lowest BCUT2D eigenvalue weighted by atomic mass is 10.1. The summed E-state index contributed by atoms with van der Waals surface area (Å²) in [5, 5.41) is 0.761. The van der Waals surface area contributed by atoms with Crippen molar-refractivity contribution >= 4 is 22.6 Å². The lowest BCUT2D eigenvalue weighted by Gasteiger charge is -2.13. The number of hydrogen-bond donors (Lipinski definition) is 0. The van der Waals surface area contributed by atoms with Crippen molar-refractivity contribution in [3.05, 3.63) is 94.3 Å². The van der Waals surface area contributed by atoms with E-state index in [1.165, 1.54) is 5.56 Å². The second kappa shape index (κ2) is 7.45. The van der Waals surface area contributed by atoms with Crippen molar-refractivity contribution in [2.24, 2.45) is 0 Å². The highest BCUT2D eigenvalue weighted by molar-refractivity contribution is 6.31. The maximum Gasteiger partial charge on any atom is 0.148 e. The summed E-state index contributed by atoms with van der Waals surface area (Å²) < 4.78 is 8.31. The molecule has 136 valence electrons. The van der Waals surface area contributed by atoms with Crippen LogP contribution in [0, 0.1) is 13.8 Å². The highest BCUT2D eigenvalue weighted by Crippen LogP contribution is 2.24. The van der Waals surface area contributed by atoms with Crippen LogP contribution in [-0.4, -0.2) is 9.55 Å². The molecule has 0 radical (unpaired) electrons. The number of halogens is 1. The van der Waals surface area contributed by atoms with E-state index in [1.54, 1.807) is 0 Å². The summed E-state index contributed by atoms with van der Waals surface area (Å²) in [6, 6.07) is 22.3. The van der Waals surface area contributed by atoms with Crippen LogP contribution < -0.4 is 4.74 Å². The average molecular weight is 377 g/mol. The van der Waals surface area contributed by atoms with Crippen molar-refractivity contribution in [1.82, 2.24) is 9.55 Å². The average Bonchev–Trinajstić information content (AvgIpc) is 3.02. The highest BCUT2D eigenvalue weighted by atomic mass is 35.5. The van der Waals surface area contributed by atoms with Gasteiger partial charge in [0.1, 0.15) is 18.2 Å². The molecule has 3 nitrogen and oxygen atoms in total. The van der Waals surface area contributed by atoms with E-state index in [1.807, 2.05) is 42.5 Å². The largest absolute Gasteiger partial charge is 0.485 e. The van der Waals surface area contributed by atoms with Gasteiger partial charge in [-0.2, -0.15) is 0 Å². The molecule has 4 rings (SSSR count). The minimum atomic E-state index is 0.406. The van der Waals surface area contributed by atoms with Gasteiger partial charge in [-0.25, -0.2) is 4.98 Å². The third kappa shape index (κ3) is 3.69.